The molecule has 1 aromatic carbocycles. The fourth-order valence-electron chi connectivity index (χ4n) is 5.07. The van der Waals surface area contributed by atoms with Crippen LogP contribution in [0, 0.1) is 11.7 Å². The standard InChI is InChI=1S/C21H23F3N4O4.C2HF3O2/c22-14-15(25)13-16(28(10-3-4-10)7-11(18(13)29)20(30)31)19(32-21(23)24)17(14)27-6-9-2-1-5-26-12(9)8-27;3-2(4,5)1(6)7/h7,9-10,12,21,26H,1-6,8,25H2,(H,30,31);(H,6,7)/t9-,12+;/m1./s1. The van der Waals surface area contributed by atoms with Crippen molar-refractivity contribution in [3.05, 3.63) is 27.8 Å². The molecule has 3 heterocycles. The number of aromatic carboxylic acids is 1. The average Bonchev–Trinajstić information content (AvgIpc) is 3.59. The Morgan fingerprint density at radius 1 is 1.15 bits per heavy atom. The average molecular weight is 566 g/mol. The van der Waals surface area contributed by atoms with Gasteiger partial charge in [0.25, 0.3) is 0 Å². The van der Waals surface area contributed by atoms with Crippen LogP contribution in [0.3, 0.4) is 0 Å². The molecule has 1 saturated carbocycles. The van der Waals surface area contributed by atoms with Gasteiger partial charge in [0.2, 0.25) is 5.43 Å². The van der Waals surface area contributed by atoms with Crippen LogP contribution >= 0.6 is 0 Å². The Bertz CT molecular complexity index is 1350. The zero-order chi connectivity index (χ0) is 28.8. The van der Waals surface area contributed by atoms with E-state index in [2.05, 4.69) is 5.32 Å². The van der Waals surface area contributed by atoms with E-state index in [9.17, 15) is 36.6 Å². The number of fused-ring (bicyclic) bond motifs is 2. The topological polar surface area (TPSA) is 147 Å². The highest BCUT2D eigenvalue weighted by Crippen LogP contribution is 2.47. The quantitative estimate of drug-likeness (QED) is 0.317. The molecule has 0 radical (unpaired) electrons. The van der Waals surface area contributed by atoms with E-state index in [0.717, 1.165) is 25.6 Å². The molecule has 3 fully saturated rings. The first-order valence-electron chi connectivity index (χ1n) is 11.9. The summed E-state index contributed by atoms with van der Waals surface area (Å²) in [6.07, 6.45) is -0.740. The van der Waals surface area contributed by atoms with Crippen molar-refractivity contribution in [2.75, 3.05) is 30.3 Å². The van der Waals surface area contributed by atoms with Gasteiger partial charge in [-0.3, -0.25) is 4.79 Å². The third kappa shape index (κ3) is 5.55. The van der Waals surface area contributed by atoms with Crippen molar-refractivity contribution in [1.29, 1.82) is 0 Å². The molecule has 0 spiro atoms. The zero-order valence-electron chi connectivity index (χ0n) is 20.1. The lowest BCUT2D eigenvalue weighted by Gasteiger charge is -2.26. The predicted molar refractivity (Wildman–Crippen MR) is 125 cm³/mol. The number of hydrogen-bond acceptors (Lipinski definition) is 7. The second-order valence-corrected chi connectivity index (χ2v) is 9.49. The van der Waals surface area contributed by atoms with Crippen LogP contribution in [0.2, 0.25) is 0 Å². The molecule has 214 valence electrons. The molecule has 1 aliphatic carbocycles. The van der Waals surface area contributed by atoms with Crippen molar-refractivity contribution < 1.29 is 50.9 Å². The Morgan fingerprint density at radius 3 is 2.31 bits per heavy atom. The molecule has 2 saturated heterocycles. The van der Waals surface area contributed by atoms with Crippen LogP contribution in [-0.2, 0) is 4.79 Å². The summed E-state index contributed by atoms with van der Waals surface area (Å²) in [5, 5.41) is 19.5. The minimum absolute atomic E-state index is 0.0829. The van der Waals surface area contributed by atoms with Crippen molar-refractivity contribution >= 4 is 34.2 Å². The summed E-state index contributed by atoms with van der Waals surface area (Å²) in [7, 11) is 0. The van der Waals surface area contributed by atoms with Crippen molar-refractivity contribution in [3.63, 3.8) is 0 Å². The number of halogens is 6. The first-order valence-corrected chi connectivity index (χ1v) is 11.9. The van der Waals surface area contributed by atoms with E-state index in [1.807, 2.05) is 0 Å². The van der Waals surface area contributed by atoms with Gasteiger partial charge in [-0.2, -0.15) is 22.0 Å². The number of hydrogen-bond donors (Lipinski definition) is 4. The Morgan fingerprint density at radius 2 is 1.79 bits per heavy atom. The van der Waals surface area contributed by atoms with E-state index < -0.39 is 58.4 Å². The maximum absolute atomic E-state index is 15.6. The number of anilines is 2. The summed E-state index contributed by atoms with van der Waals surface area (Å²) < 4.78 is 80.7. The number of benzene rings is 1. The van der Waals surface area contributed by atoms with Gasteiger partial charge in [0.1, 0.15) is 11.3 Å². The Balaban J connectivity index is 0.000000448. The molecule has 1 aromatic heterocycles. The molecule has 10 nitrogen and oxygen atoms in total. The number of nitrogens with two attached hydrogens (primary N) is 1. The molecular weight excluding hydrogens is 542 g/mol. The minimum atomic E-state index is -5.08. The first kappa shape index (κ1) is 28.3. The van der Waals surface area contributed by atoms with Crippen molar-refractivity contribution in [2.45, 2.75) is 50.6 Å². The Hall–Kier alpha value is -3.69. The highest BCUT2D eigenvalue weighted by molar-refractivity contribution is 6.03. The van der Waals surface area contributed by atoms with E-state index in [4.69, 9.17) is 20.4 Å². The maximum atomic E-state index is 15.6. The third-order valence-corrected chi connectivity index (χ3v) is 6.91. The van der Waals surface area contributed by atoms with Gasteiger partial charge in [0.05, 0.1) is 16.6 Å². The number of alkyl halides is 5. The molecular formula is C23H24F6N4O6. The van der Waals surface area contributed by atoms with Gasteiger partial charge in [-0.25, -0.2) is 14.0 Å². The molecule has 5 N–H and O–H groups in total. The van der Waals surface area contributed by atoms with Gasteiger partial charge in [-0.05, 0) is 38.1 Å². The van der Waals surface area contributed by atoms with Crippen LogP contribution in [0.4, 0.5) is 37.7 Å². The maximum Gasteiger partial charge on any atom is 0.490 e. The number of carbonyl (C=O) groups is 2. The largest absolute Gasteiger partial charge is 0.490 e. The molecule has 0 unspecified atom stereocenters. The number of aromatic nitrogens is 1. The number of nitrogens with one attached hydrogen (secondary N) is 1. The highest BCUT2D eigenvalue weighted by Gasteiger charge is 2.40. The molecule has 2 atom stereocenters. The fraction of sp³-hybridized carbons (Fsp3) is 0.522. The lowest BCUT2D eigenvalue weighted by molar-refractivity contribution is -0.192. The van der Waals surface area contributed by atoms with Gasteiger partial charge in [0, 0.05) is 31.4 Å². The van der Waals surface area contributed by atoms with Crippen LogP contribution in [0.1, 0.15) is 42.1 Å². The van der Waals surface area contributed by atoms with Crippen molar-refractivity contribution in [1.82, 2.24) is 9.88 Å². The number of piperidine rings is 1. The van der Waals surface area contributed by atoms with E-state index in [1.165, 1.54) is 4.57 Å². The molecule has 16 heteroatoms. The van der Waals surface area contributed by atoms with Crippen molar-refractivity contribution in [2.24, 2.45) is 5.92 Å². The summed E-state index contributed by atoms with van der Waals surface area (Å²) in [6.45, 7) is -1.63. The highest BCUT2D eigenvalue weighted by atomic mass is 19.4. The van der Waals surface area contributed by atoms with Crippen LogP contribution in [-0.4, -0.2) is 65.2 Å². The summed E-state index contributed by atoms with van der Waals surface area (Å²) in [4.78, 5) is 35.1. The number of pyridine rings is 1. The lowest BCUT2D eigenvalue weighted by atomic mass is 9.94. The molecule has 0 bridgehead atoms. The summed E-state index contributed by atoms with van der Waals surface area (Å²) in [6, 6.07) is -0.128. The molecule has 39 heavy (non-hydrogen) atoms. The van der Waals surface area contributed by atoms with Gasteiger partial charge in [0.15, 0.2) is 11.6 Å². The summed E-state index contributed by atoms with van der Waals surface area (Å²) in [5.74, 6) is -5.55. The van der Waals surface area contributed by atoms with E-state index >= 15 is 4.39 Å². The summed E-state index contributed by atoms with van der Waals surface area (Å²) in [5.41, 5.74) is 3.56. The number of ether oxygens (including phenoxy) is 1. The SMILES string of the molecule is Nc1c(F)c(N2C[C@H]3CCCN[C@H]3C2)c(OC(F)F)c2c1c(=O)c(C(=O)O)cn2C1CC1.O=C(O)C(F)(F)F. The number of rotatable bonds is 5. The number of carboxylic acid groups (broad SMARTS) is 2. The van der Waals surface area contributed by atoms with Crippen LogP contribution in [0.25, 0.3) is 10.9 Å². The molecule has 3 aliphatic rings. The molecule has 2 aliphatic heterocycles. The van der Waals surface area contributed by atoms with E-state index in [0.29, 0.717) is 25.9 Å². The predicted octanol–water partition coefficient (Wildman–Crippen LogP) is 3.18. The van der Waals surface area contributed by atoms with Crippen LogP contribution in [0.15, 0.2) is 11.0 Å². The third-order valence-electron chi connectivity index (χ3n) is 6.91. The number of nitrogen functional groups attached to an aromatic ring is 1. The number of carboxylic acids is 2. The number of aliphatic carboxylic acids is 1. The first-order chi connectivity index (χ1) is 18.2. The fourth-order valence-corrected chi connectivity index (χ4v) is 5.07. The Kier molecular flexibility index (Phi) is 7.60. The number of nitrogens with zero attached hydrogens (tertiary/aromatic N) is 2. The zero-order valence-corrected chi connectivity index (χ0v) is 20.1. The van der Waals surface area contributed by atoms with E-state index in [1.54, 1.807) is 4.90 Å². The van der Waals surface area contributed by atoms with Gasteiger partial charge in [-0.1, -0.05) is 0 Å². The van der Waals surface area contributed by atoms with Crippen molar-refractivity contribution in [3.8, 4) is 5.75 Å². The van der Waals surface area contributed by atoms with Gasteiger partial charge in [-0.15, -0.1) is 0 Å². The molecule has 2 aromatic rings. The van der Waals surface area contributed by atoms with E-state index in [-0.39, 0.29) is 29.2 Å². The monoisotopic (exact) mass is 566 g/mol. The smallest absolute Gasteiger partial charge is 0.477 e. The molecule has 0 amide bonds. The second kappa shape index (κ2) is 10.5. The van der Waals surface area contributed by atoms with Crippen LogP contribution in [0.5, 0.6) is 5.75 Å². The Labute approximate surface area is 215 Å². The van der Waals surface area contributed by atoms with Gasteiger partial charge >= 0.3 is 24.7 Å². The van der Waals surface area contributed by atoms with Crippen LogP contribution < -0.4 is 26.1 Å². The van der Waals surface area contributed by atoms with Gasteiger partial charge < -0.3 is 35.5 Å². The molecule has 5 rings (SSSR count). The second-order valence-electron chi connectivity index (χ2n) is 9.49. The summed E-state index contributed by atoms with van der Waals surface area (Å²) >= 11 is 0. The lowest BCUT2D eigenvalue weighted by Crippen LogP contribution is -2.40. The normalized spacial score (nSPS) is 20.9. The minimum Gasteiger partial charge on any atom is -0.477 e.